The minimum atomic E-state index is 0.588. The molecule has 0 saturated carbocycles. The van der Waals surface area contributed by atoms with E-state index in [0.29, 0.717) is 6.04 Å². The number of hydrogen-bond donors (Lipinski definition) is 2. The van der Waals surface area contributed by atoms with Crippen LogP contribution in [0.3, 0.4) is 0 Å². The Balaban J connectivity index is 2.01. The highest BCUT2D eigenvalue weighted by Crippen LogP contribution is 2.28. The van der Waals surface area contributed by atoms with Gasteiger partial charge in [0.25, 0.3) is 0 Å². The molecule has 2 saturated heterocycles. The Morgan fingerprint density at radius 1 is 1.55 bits per heavy atom. The molecule has 2 aliphatic rings. The molecule has 0 aromatic rings. The third-order valence-corrected chi connectivity index (χ3v) is 3.09. The van der Waals surface area contributed by atoms with Gasteiger partial charge in [-0.1, -0.05) is 0 Å². The quantitative estimate of drug-likeness (QED) is 0.515. The Morgan fingerprint density at radius 3 is 3.09 bits per heavy atom. The molecule has 3 heteroatoms. The molecule has 2 aliphatic heterocycles. The minimum absolute atomic E-state index is 0.588. The standard InChI is InChI=1S/C8H17N3/c1-11-4-6-3-10-8(2-9)7(6)5-11/h6-8,10H,2-5,9H2,1H3/t6-,7+,8?/m0/s1. The molecule has 0 aromatic heterocycles. The largest absolute Gasteiger partial charge is 0.329 e. The van der Waals surface area contributed by atoms with E-state index in [1.54, 1.807) is 0 Å². The zero-order chi connectivity index (χ0) is 7.84. The maximum Gasteiger partial charge on any atom is 0.0234 e. The van der Waals surface area contributed by atoms with Crippen molar-refractivity contribution in [1.29, 1.82) is 0 Å². The maximum atomic E-state index is 5.65. The van der Waals surface area contributed by atoms with Crippen molar-refractivity contribution >= 4 is 0 Å². The smallest absolute Gasteiger partial charge is 0.0234 e. The van der Waals surface area contributed by atoms with E-state index >= 15 is 0 Å². The van der Waals surface area contributed by atoms with Gasteiger partial charge in [0.05, 0.1) is 0 Å². The number of likely N-dealkylation sites (tertiary alicyclic amines) is 1. The van der Waals surface area contributed by atoms with E-state index in [-0.39, 0.29) is 0 Å². The van der Waals surface area contributed by atoms with E-state index in [1.807, 2.05) is 0 Å². The summed E-state index contributed by atoms with van der Waals surface area (Å²) < 4.78 is 0. The van der Waals surface area contributed by atoms with Gasteiger partial charge in [-0.05, 0) is 25.4 Å². The van der Waals surface area contributed by atoms with Gasteiger partial charge in [-0.2, -0.15) is 0 Å². The Kier molecular flexibility index (Phi) is 1.87. The molecule has 0 aliphatic carbocycles. The lowest BCUT2D eigenvalue weighted by molar-refractivity contribution is 0.359. The van der Waals surface area contributed by atoms with E-state index in [9.17, 15) is 0 Å². The van der Waals surface area contributed by atoms with Crippen molar-refractivity contribution < 1.29 is 0 Å². The topological polar surface area (TPSA) is 41.3 Å². The van der Waals surface area contributed by atoms with Crippen LogP contribution in [0.25, 0.3) is 0 Å². The minimum Gasteiger partial charge on any atom is -0.329 e. The molecule has 0 aromatic carbocycles. The van der Waals surface area contributed by atoms with Gasteiger partial charge in [0.15, 0.2) is 0 Å². The van der Waals surface area contributed by atoms with E-state index in [4.69, 9.17) is 5.73 Å². The number of rotatable bonds is 1. The van der Waals surface area contributed by atoms with Crippen LogP contribution < -0.4 is 11.1 Å². The highest BCUT2D eigenvalue weighted by molar-refractivity contribution is 4.97. The van der Waals surface area contributed by atoms with E-state index in [2.05, 4.69) is 17.3 Å². The van der Waals surface area contributed by atoms with Crippen LogP contribution in [0.2, 0.25) is 0 Å². The van der Waals surface area contributed by atoms with Crippen LogP contribution in [-0.4, -0.2) is 44.2 Å². The van der Waals surface area contributed by atoms with Crippen molar-refractivity contribution in [2.75, 3.05) is 33.2 Å². The van der Waals surface area contributed by atoms with Crippen LogP contribution in [0.5, 0.6) is 0 Å². The van der Waals surface area contributed by atoms with Crippen LogP contribution in [0.1, 0.15) is 0 Å². The van der Waals surface area contributed by atoms with Crippen molar-refractivity contribution in [1.82, 2.24) is 10.2 Å². The van der Waals surface area contributed by atoms with Crippen LogP contribution in [0.4, 0.5) is 0 Å². The van der Waals surface area contributed by atoms with Crippen molar-refractivity contribution in [3.05, 3.63) is 0 Å². The third kappa shape index (κ3) is 1.17. The summed E-state index contributed by atoms with van der Waals surface area (Å²) in [5.74, 6) is 1.69. The molecule has 0 amide bonds. The molecule has 2 rings (SSSR count). The van der Waals surface area contributed by atoms with Crippen LogP contribution >= 0.6 is 0 Å². The lowest BCUT2D eigenvalue weighted by Crippen LogP contribution is -2.37. The van der Waals surface area contributed by atoms with E-state index in [0.717, 1.165) is 18.4 Å². The first-order chi connectivity index (χ1) is 5.31. The monoisotopic (exact) mass is 155 g/mol. The fourth-order valence-electron chi connectivity index (χ4n) is 2.50. The van der Waals surface area contributed by atoms with Crippen LogP contribution in [0, 0.1) is 11.8 Å². The highest BCUT2D eigenvalue weighted by atomic mass is 15.2. The normalized spacial score (nSPS) is 44.7. The third-order valence-electron chi connectivity index (χ3n) is 3.09. The summed E-state index contributed by atoms with van der Waals surface area (Å²) in [6, 6.07) is 0.588. The fraction of sp³-hybridized carbons (Fsp3) is 1.00. The number of nitrogens with one attached hydrogen (secondary N) is 1. The van der Waals surface area contributed by atoms with Gasteiger partial charge in [0.1, 0.15) is 0 Å². The SMILES string of the molecule is CN1C[C@@H]2CNC(CN)[C@@H]2C1. The summed E-state index contributed by atoms with van der Waals surface area (Å²) in [4.78, 5) is 2.42. The molecule has 2 fully saturated rings. The second-order valence-corrected chi connectivity index (χ2v) is 3.90. The lowest BCUT2D eigenvalue weighted by Gasteiger charge is -2.16. The number of fused-ring (bicyclic) bond motifs is 1. The molecule has 0 spiro atoms. The summed E-state index contributed by atoms with van der Waals surface area (Å²) in [6.07, 6.45) is 0. The van der Waals surface area contributed by atoms with Gasteiger partial charge in [-0.25, -0.2) is 0 Å². The lowest BCUT2D eigenvalue weighted by atomic mass is 9.94. The summed E-state index contributed by atoms with van der Waals surface area (Å²) >= 11 is 0. The summed E-state index contributed by atoms with van der Waals surface area (Å²) in [5, 5.41) is 3.48. The van der Waals surface area contributed by atoms with Gasteiger partial charge in [-0.15, -0.1) is 0 Å². The first-order valence-corrected chi connectivity index (χ1v) is 4.43. The summed E-state index contributed by atoms with van der Waals surface area (Å²) in [6.45, 7) is 4.47. The average molecular weight is 155 g/mol. The highest BCUT2D eigenvalue weighted by Gasteiger charge is 2.40. The second kappa shape index (κ2) is 2.73. The molecule has 3 atom stereocenters. The van der Waals surface area contributed by atoms with Crippen molar-refractivity contribution in [2.24, 2.45) is 17.6 Å². The Bertz CT molecular complexity index is 146. The van der Waals surface area contributed by atoms with E-state index < -0.39 is 0 Å². The maximum absolute atomic E-state index is 5.65. The predicted molar refractivity (Wildman–Crippen MR) is 45.3 cm³/mol. The van der Waals surface area contributed by atoms with Gasteiger partial charge in [0, 0.05) is 25.7 Å². The molecule has 64 valence electrons. The average Bonchev–Trinajstić information content (AvgIpc) is 2.45. The number of nitrogens with two attached hydrogens (primary N) is 1. The zero-order valence-corrected chi connectivity index (χ0v) is 7.09. The van der Waals surface area contributed by atoms with Crippen LogP contribution in [-0.2, 0) is 0 Å². The van der Waals surface area contributed by atoms with Gasteiger partial charge in [0.2, 0.25) is 0 Å². The molecule has 11 heavy (non-hydrogen) atoms. The van der Waals surface area contributed by atoms with Gasteiger partial charge >= 0.3 is 0 Å². The molecule has 0 bridgehead atoms. The van der Waals surface area contributed by atoms with Crippen molar-refractivity contribution in [3.63, 3.8) is 0 Å². The zero-order valence-electron chi connectivity index (χ0n) is 7.09. The molecular weight excluding hydrogens is 138 g/mol. The molecule has 3 nitrogen and oxygen atoms in total. The molecule has 1 unspecified atom stereocenters. The number of hydrogen-bond acceptors (Lipinski definition) is 3. The van der Waals surface area contributed by atoms with Crippen LogP contribution in [0.15, 0.2) is 0 Å². The Morgan fingerprint density at radius 2 is 2.36 bits per heavy atom. The summed E-state index contributed by atoms with van der Waals surface area (Å²) in [5.41, 5.74) is 5.65. The van der Waals surface area contributed by atoms with E-state index in [1.165, 1.54) is 19.6 Å². The Hall–Kier alpha value is -0.120. The van der Waals surface area contributed by atoms with Gasteiger partial charge < -0.3 is 16.0 Å². The Labute approximate surface area is 67.9 Å². The van der Waals surface area contributed by atoms with Crippen molar-refractivity contribution in [3.8, 4) is 0 Å². The fourth-order valence-corrected chi connectivity index (χ4v) is 2.50. The van der Waals surface area contributed by atoms with Crippen molar-refractivity contribution in [2.45, 2.75) is 6.04 Å². The molecule has 3 N–H and O–H groups in total. The van der Waals surface area contributed by atoms with Gasteiger partial charge in [-0.3, -0.25) is 0 Å². The molecule has 0 radical (unpaired) electrons. The summed E-state index contributed by atoms with van der Waals surface area (Å²) in [7, 11) is 2.20. The predicted octanol–water partition coefficient (Wildman–Crippen LogP) is -0.905. The first-order valence-electron chi connectivity index (χ1n) is 4.43. The molecular formula is C8H17N3. The first kappa shape index (κ1) is 7.53. The second-order valence-electron chi connectivity index (χ2n) is 3.90. The molecule has 2 heterocycles. The number of nitrogens with zero attached hydrogens (tertiary/aromatic N) is 1.